The van der Waals surface area contributed by atoms with Gasteiger partial charge in [0.15, 0.2) is 12.0 Å². The van der Waals surface area contributed by atoms with Crippen LogP contribution in [0.2, 0.25) is 0 Å². The number of carbonyl (C=O) groups excluding carboxylic acids is 9. The first-order chi connectivity index (χ1) is 32.7. The van der Waals surface area contributed by atoms with E-state index in [-0.39, 0.29) is 31.2 Å². The minimum Gasteiger partial charge on any atom is -0.481 e. The molecule has 0 aliphatic carbocycles. The first-order valence-electron chi connectivity index (χ1n) is 22.6. The molecule has 0 aromatic rings. The van der Waals surface area contributed by atoms with Gasteiger partial charge >= 0.3 is 11.9 Å². The molecule has 0 aromatic heterocycles. The van der Waals surface area contributed by atoms with E-state index in [1.807, 2.05) is 0 Å². The van der Waals surface area contributed by atoms with Crippen molar-refractivity contribution in [3.8, 4) is 0 Å². The molecule has 1 aliphatic heterocycles. The van der Waals surface area contributed by atoms with Crippen LogP contribution >= 0.6 is 12.6 Å². The second-order valence-corrected chi connectivity index (χ2v) is 17.5. The Balaban J connectivity index is 2.95. The Morgan fingerprint density at radius 2 is 1.21 bits per heavy atom. The molecule has 0 spiro atoms. The number of carboxylic acid groups (broad SMARTS) is 2. The predicted octanol–water partition coefficient (Wildman–Crippen LogP) is -6.55. The summed E-state index contributed by atoms with van der Waals surface area (Å²) in [7, 11) is 0. The lowest BCUT2D eigenvalue weighted by Gasteiger charge is -2.30. The van der Waals surface area contributed by atoms with Crippen LogP contribution in [0.15, 0.2) is 4.99 Å². The number of aliphatic hydroxyl groups is 2. The Morgan fingerprint density at radius 3 is 1.70 bits per heavy atom. The number of nitrogens with zero attached hydrogens (tertiary/aromatic N) is 2. The molecule has 0 bridgehead atoms. The zero-order valence-corrected chi connectivity index (χ0v) is 41.0. The molecular formula is C41H71N13O15S. The number of rotatable bonds is 30. The molecule has 18 N–H and O–H groups in total. The second kappa shape index (κ2) is 30.3. The molecule has 0 saturated carbocycles. The van der Waals surface area contributed by atoms with Gasteiger partial charge in [0.05, 0.1) is 37.8 Å². The topological polar surface area (TPSA) is 459 Å². The van der Waals surface area contributed by atoms with E-state index in [1.165, 1.54) is 18.7 Å². The van der Waals surface area contributed by atoms with Gasteiger partial charge in [-0.1, -0.05) is 34.1 Å². The third-order valence-corrected chi connectivity index (χ3v) is 11.3. The Morgan fingerprint density at radius 1 is 0.700 bits per heavy atom. The van der Waals surface area contributed by atoms with Gasteiger partial charge in [0.2, 0.25) is 53.2 Å². The number of carbonyl (C=O) groups is 11. The summed E-state index contributed by atoms with van der Waals surface area (Å²) in [5.41, 5.74) is 16.8. The van der Waals surface area contributed by atoms with Crippen LogP contribution in [-0.2, 0) is 52.7 Å². The predicted molar refractivity (Wildman–Crippen MR) is 252 cm³/mol. The number of carboxylic acids is 2. The van der Waals surface area contributed by atoms with Crippen molar-refractivity contribution in [2.45, 2.75) is 141 Å². The molecule has 29 heteroatoms. The van der Waals surface area contributed by atoms with Crippen molar-refractivity contribution in [1.29, 1.82) is 0 Å². The summed E-state index contributed by atoms with van der Waals surface area (Å²) in [6.07, 6.45) is -2.31. The van der Waals surface area contributed by atoms with Crippen molar-refractivity contribution in [2.75, 3.05) is 31.9 Å². The smallest absolute Gasteiger partial charge is 0.328 e. The number of hydrogen-bond donors (Lipinski definition) is 16. The van der Waals surface area contributed by atoms with Crippen molar-refractivity contribution in [2.24, 2.45) is 34.0 Å². The molecule has 1 saturated heterocycles. The van der Waals surface area contributed by atoms with Crippen LogP contribution in [0.1, 0.15) is 80.1 Å². The van der Waals surface area contributed by atoms with Gasteiger partial charge in [-0.25, -0.2) is 4.79 Å². The lowest BCUT2D eigenvalue weighted by molar-refractivity contribution is -0.145. The number of aliphatic hydroxyl groups excluding tert-OH is 2. The maximum absolute atomic E-state index is 13.6. The Hall–Kier alpha value is -6.33. The number of nitrogens with one attached hydrogen (secondary N) is 8. The van der Waals surface area contributed by atoms with Crippen molar-refractivity contribution in [1.82, 2.24) is 47.4 Å². The van der Waals surface area contributed by atoms with Gasteiger partial charge in [0, 0.05) is 18.8 Å². The highest BCUT2D eigenvalue weighted by Gasteiger charge is 2.39. The minimum atomic E-state index is -1.89. The number of aliphatic carboxylic acids is 2. The molecule has 0 unspecified atom stereocenters. The zero-order valence-electron chi connectivity index (χ0n) is 40.1. The molecular weight excluding hydrogens is 947 g/mol. The van der Waals surface area contributed by atoms with Crippen LogP contribution in [0, 0.1) is 11.8 Å². The number of hydrogen-bond acceptors (Lipinski definition) is 16. The summed E-state index contributed by atoms with van der Waals surface area (Å²) in [6, 6.07) is -11.2. The Labute approximate surface area is 410 Å². The summed E-state index contributed by atoms with van der Waals surface area (Å²) >= 11 is 4.15. The van der Waals surface area contributed by atoms with Crippen LogP contribution < -0.4 is 59.7 Å². The molecule has 396 valence electrons. The zero-order chi connectivity index (χ0) is 53.6. The molecule has 9 amide bonds. The fraction of sp³-hybridized carbons (Fsp3) is 0.707. The van der Waals surface area contributed by atoms with E-state index < -0.39 is 157 Å². The van der Waals surface area contributed by atoms with E-state index in [0.717, 1.165) is 13.8 Å². The average molecular weight is 1020 g/mol. The minimum absolute atomic E-state index is 0.0998. The quantitative estimate of drug-likeness (QED) is 0.0138. The summed E-state index contributed by atoms with van der Waals surface area (Å²) < 4.78 is 0. The van der Waals surface area contributed by atoms with Gasteiger partial charge in [-0.05, 0) is 51.4 Å². The van der Waals surface area contributed by atoms with Gasteiger partial charge in [-0.3, -0.25) is 52.9 Å². The standard InChI is InChI=1S/C41H71N13O15S/c1-7-19(4)30(52-35(63)25-11-9-13-54(25)39(67)22(42)10-8-12-45-41(43)44)37(65)49-24(17-70)34(62)47-16-27(58)51-31(20(5)55)38(66)48-23(14-28(59)60)33(61)46-15-26(57)50-29(18(2)3)36(64)53-32(21(6)56)40(68)69/h18-25,29-32,55-56,70H,7-17,42H2,1-6H3,(H,46,61)(H,47,62)(H,48,66)(H,49,65)(H,50,57)(H,51,58)(H,52,63)(H,53,64)(H,59,60)(H,68,69)(H4,43,44,45)/t19-,20+,21+,22-,23-,24-,25-,29-,30-,31-,32-/m0/s1. The monoisotopic (exact) mass is 1020 g/mol. The van der Waals surface area contributed by atoms with Gasteiger partial charge < -0.3 is 85.1 Å². The summed E-state index contributed by atoms with van der Waals surface area (Å²) in [5.74, 6) is -12.8. The van der Waals surface area contributed by atoms with E-state index in [4.69, 9.17) is 17.2 Å². The third kappa shape index (κ3) is 20.7. The highest BCUT2D eigenvalue weighted by molar-refractivity contribution is 7.80. The van der Waals surface area contributed by atoms with Crippen LogP contribution in [0.5, 0.6) is 0 Å². The molecule has 1 aliphatic rings. The number of likely N-dealkylation sites (tertiary alicyclic amines) is 1. The summed E-state index contributed by atoms with van der Waals surface area (Å²) in [6.45, 7) is 7.52. The molecule has 1 rings (SSSR count). The van der Waals surface area contributed by atoms with E-state index in [1.54, 1.807) is 13.8 Å². The maximum atomic E-state index is 13.6. The average Bonchev–Trinajstić information content (AvgIpc) is 3.78. The van der Waals surface area contributed by atoms with Gasteiger partial charge in [0.1, 0.15) is 36.3 Å². The Kier molecular flexibility index (Phi) is 26.7. The lowest BCUT2D eigenvalue weighted by atomic mass is 9.97. The first-order valence-corrected chi connectivity index (χ1v) is 23.2. The van der Waals surface area contributed by atoms with Crippen LogP contribution in [-0.4, -0.2) is 189 Å². The van der Waals surface area contributed by atoms with Gasteiger partial charge in [-0.15, -0.1) is 0 Å². The fourth-order valence-corrected chi connectivity index (χ4v) is 7.07. The molecule has 70 heavy (non-hydrogen) atoms. The fourth-order valence-electron chi connectivity index (χ4n) is 6.81. The second-order valence-electron chi connectivity index (χ2n) is 17.1. The number of aliphatic imine (C=N–C) groups is 1. The van der Waals surface area contributed by atoms with Gasteiger partial charge in [0.25, 0.3) is 0 Å². The highest BCUT2D eigenvalue weighted by Crippen LogP contribution is 2.20. The molecule has 0 aromatic carbocycles. The normalized spacial score (nSPS) is 17.5. The van der Waals surface area contributed by atoms with E-state index >= 15 is 0 Å². The Bertz CT molecular complexity index is 1900. The first kappa shape index (κ1) is 61.7. The SMILES string of the molecule is CC[C@H](C)[C@H](NC(=O)[C@@H]1CCCN1C(=O)[C@@H](N)CCCN=C(N)N)C(=O)N[C@@H](CS)C(=O)NCC(=O)N[C@H](C(=O)N[C@@H](CC(=O)O)C(=O)NCC(=O)N[C@H](C(=O)N[C@H](C(=O)O)[C@@H](C)O)C(C)C)[C@@H](C)O. The maximum Gasteiger partial charge on any atom is 0.328 e. The summed E-state index contributed by atoms with van der Waals surface area (Å²) in [4.78, 5) is 147. The third-order valence-electron chi connectivity index (χ3n) is 11.0. The molecule has 1 heterocycles. The van der Waals surface area contributed by atoms with Crippen molar-refractivity contribution in [3.63, 3.8) is 0 Å². The van der Waals surface area contributed by atoms with E-state index in [9.17, 15) is 73.2 Å². The van der Waals surface area contributed by atoms with Crippen molar-refractivity contribution >= 4 is 83.7 Å². The van der Waals surface area contributed by atoms with E-state index in [2.05, 4.69) is 60.2 Å². The molecule has 1 fully saturated rings. The van der Waals surface area contributed by atoms with Crippen LogP contribution in [0.25, 0.3) is 0 Å². The molecule has 28 nitrogen and oxygen atoms in total. The molecule has 11 atom stereocenters. The number of thiol groups is 1. The highest BCUT2D eigenvalue weighted by atomic mass is 32.1. The van der Waals surface area contributed by atoms with Crippen LogP contribution in [0.4, 0.5) is 0 Å². The van der Waals surface area contributed by atoms with Crippen LogP contribution in [0.3, 0.4) is 0 Å². The summed E-state index contributed by atoms with van der Waals surface area (Å²) in [5, 5.41) is 57.0. The molecule has 0 radical (unpaired) electrons. The lowest BCUT2D eigenvalue weighted by Crippen LogP contribution is -2.60. The number of amides is 9. The van der Waals surface area contributed by atoms with Crippen molar-refractivity contribution < 1.29 is 73.2 Å². The van der Waals surface area contributed by atoms with Gasteiger partial charge in [-0.2, -0.15) is 12.6 Å². The van der Waals surface area contributed by atoms with E-state index in [0.29, 0.717) is 25.7 Å². The largest absolute Gasteiger partial charge is 0.481 e. The number of guanidine groups is 1. The number of nitrogens with two attached hydrogens (primary N) is 3. The van der Waals surface area contributed by atoms with Crippen molar-refractivity contribution in [3.05, 3.63) is 0 Å².